The molecule has 0 radical (unpaired) electrons. The average molecular weight is 338 g/mol. The molecule has 0 bridgehead atoms. The molecule has 7 heteroatoms. The number of hydrogen-bond donors (Lipinski definition) is 2. The zero-order valence-corrected chi connectivity index (χ0v) is 14.3. The minimum Gasteiger partial charge on any atom is -0.361 e. The Balaban J connectivity index is 1.34. The first-order valence-corrected chi connectivity index (χ1v) is 8.64. The van der Waals surface area contributed by atoms with Crippen molar-refractivity contribution in [1.82, 2.24) is 30.0 Å². The van der Waals surface area contributed by atoms with Gasteiger partial charge in [-0.05, 0) is 30.4 Å². The van der Waals surface area contributed by atoms with E-state index in [1.807, 2.05) is 18.0 Å². The van der Waals surface area contributed by atoms with Gasteiger partial charge in [0.25, 0.3) is 0 Å². The molecular formula is C18H22N6O. The molecule has 0 unspecified atom stereocenters. The third-order valence-corrected chi connectivity index (χ3v) is 4.89. The summed E-state index contributed by atoms with van der Waals surface area (Å²) in [6, 6.07) is 8.36. The second kappa shape index (κ2) is 6.58. The van der Waals surface area contributed by atoms with Crippen molar-refractivity contribution in [3.05, 3.63) is 48.2 Å². The summed E-state index contributed by atoms with van der Waals surface area (Å²) in [4.78, 5) is 21.7. The Morgan fingerprint density at radius 2 is 2.12 bits per heavy atom. The SMILES string of the molecule is Cn1cnc(CNC(=O)N2CCC(c3c[nH]c4ccccc34)CC2)n1. The number of hydrogen-bond acceptors (Lipinski definition) is 3. The summed E-state index contributed by atoms with van der Waals surface area (Å²) in [5, 5.41) is 8.37. The third kappa shape index (κ3) is 3.22. The number of nitrogens with zero attached hydrogens (tertiary/aromatic N) is 4. The van der Waals surface area contributed by atoms with E-state index in [1.54, 1.807) is 11.0 Å². The van der Waals surface area contributed by atoms with Crippen LogP contribution in [-0.4, -0.2) is 43.8 Å². The normalized spacial score (nSPS) is 15.6. The zero-order valence-electron chi connectivity index (χ0n) is 14.3. The number of urea groups is 1. The molecule has 3 heterocycles. The van der Waals surface area contributed by atoms with Gasteiger partial charge in [-0.1, -0.05) is 18.2 Å². The van der Waals surface area contributed by atoms with Crippen LogP contribution in [0.4, 0.5) is 4.79 Å². The molecule has 2 N–H and O–H groups in total. The Labute approximate surface area is 146 Å². The number of H-pyrrole nitrogens is 1. The first-order chi connectivity index (χ1) is 12.2. The van der Waals surface area contributed by atoms with E-state index in [0.29, 0.717) is 18.3 Å². The van der Waals surface area contributed by atoms with Crippen molar-refractivity contribution in [2.24, 2.45) is 7.05 Å². The molecule has 0 spiro atoms. The molecule has 3 aromatic rings. The summed E-state index contributed by atoms with van der Waals surface area (Å²) in [6.07, 6.45) is 5.72. The number of rotatable bonds is 3. The number of carbonyl (C=O) groups excluding carboxylic acids is 1. The van der Waals surface area contributed by atoms with Crippen LogP contribution in [0, 0.1) is 0 Å². The smallest absolute Gasteiger partial charge is 0.317 e. The van der Waals surface area contributed by atoms with E-state index in [0.717, 1.165) is 25.9 Å². The average Bonchev–Trinajstić information content (AvgIpc) is 3.26. The first kappa shape index (κ1) is 15.7. The Morgan fingerprint density at radius 3 is 2.88 bits per heavy atom. The van der Waals surface area contributed by atoms with Gasteiger partial charge in [0, 0.05) is 37.2 Å². The van der Waals surface area contributed by atoms with Crippen molar-refractivity contribution in [2.75, 3.05) is 13.1 Å². The summed E-state index contributed by atoms with van der Waals surface area (Å²) in [7, 11) is 1.81. The quantitative estimate of drug-likeness (QED) is 0.769. The summed E-state index contributed by atoms with van der Waals surface area (Å²) < 4.78 is 1.63. The van der Waals surface area contributed by atoms with Crippen LogP contribution >= 0.6 is 0 Å². The molecule has 25 heavy (non-hydrogen) atoms. The Kier molecular flexibility index (Phi) is 4.13. The third-order valence-electron chi connectivity index (χ3n) is 4.89. The number of piperidine rings is 1. The maximum atomic E-state index is 12.3. The number of amides is 2. The van der Waals surface area contributed by atoms with Gasteiger partial charge in [-0.2, -0.15) is 5.10 Å². The molecule has 4 rings (SSSR count). The number of benzene rings is 1. The largest absolute Gasteiger partial charge is 0.361 e. The number of likely N-dealkylation sites (tertiary alicyclic amines) is 1. The number of para-hydroxylation sites is 1. The molecule has 1 aromatic carbocycles. The lowest BCUT2D eigenvalue weighted by atomic mass is 9.89. The van der Waals surface area contributed by atoms with Crippen LogP contribution in [0.25, 0.3) is 10.9 Å². The molecule has 2 amide bonds. The number of aromatic nitrogens is 4. The van der Waals surface area contributed by atoms with Crippen LogP contribution in [-0.2, 0) is 13.6 Å². The van der Waals surface area contributed by atoms with E-state index in [9.17, 15) is 4.79 Å². The number of aryl methyl sites for hydroxylation is 1. The van der Waals surface area contributed by atoms with Crippen molar-refractivity contribution in [3.63, 3.8) is 0 Å². The highest BCUT2D eigenvalue weighted by Gasteiger charge is 2.25. The van der Waals surface area contributed by atoms with Crippen molar-refractivity contribution in [1.29, 1.82) is 0 Å². The fourth-order valence-corrected chi connectivity index (χ4v) is 3.56. The molecule has 0 aliphatic carbocycles. The summed E-state index contributed by atoms with van der Waals surface area (Å²) >= 11 is 0. The molecule has 1 aliphatic heterocycles. The lowest BCUT2D eigenvalue weighted by Crippen LogP contribution is -2.43. The molecule has 0 saturated carbocycles. The standard InChI is InChI=1S/C18H22N6O/c1-23-12-21-17(22-23)11-20-18(25)24-8-6-13(7-9-24)15-10-19-16-5-3-2-4-14(15)16/h2-5,10,12-13,19H,6-9,11H2,1H3,(H,20,25). The highest BCUT2D eigenvalue weighted by atomic mass is 16.2. The lowest BCUT2D eigenvalue weighted by Gasteiger charge is -2.32. The van der Waals surface area contributed by atoms with Crippen molar-refractivity contribution < 1.29 is 4.79 Å². The highest BCUT2D eigenvalue weighted by Crippen LogP contribution is 2.33. The van der Waals surface area contributed by atoms with Gasteiger partial charge in [-0.3, -0.25) is 4.68 Å². The predicted molar refractivity (Wildman–Crippen MR) is 95.1 cm³/mol. The van der Waals surface area contributed by atoms with Gasteiger partial charge < -0.3 is 15.2 Å². The number of aromatic amines is 1. The topological polar surface area (TPSA) is 78.8 Å². The van der Waals surface area contributed by atoms with Crippen LogP contribution in [0.5, 0.6) is 0 Å². The van der Waals surface area contributed by atoms with Gasteiger partial charge in [-0.15, -0.1) is 0 Å². The minimum absolute atomic E-state index is 0.0372. The molecule has 130 valence electrons. The van der Waals surface area contributed by atoms with Gasteiger partial charge in [-0.25, -0.2) is 9.78 Å². The van der Waals surface area contributed by atoms with E-state index in [4.69, 9.17) is 0 Å². The van der Waals surface area contributed by atoms with E-state index in [-0.39, 0.29) is 6.03 Å². The predicted octanol–water partition coefficient (Wildman–Crippen LogP) is 2.39. The summed E-state index contributed by atoms with van der Waals surface area (Å²) in [5.74, 6) is 1.13. The Hall–Kier alpha value is -2.83. The van der Waals surface area contributed by atoms with E-state index >= 15 is 0 Å². The molecule has 1 fully saturated rings. The zero-order chi connectivity index (χ0) is 17.2. The van der Waals surface area contributed by atoms with Crippen LogP contribution in [0.3, 0.4) is 0 Å². The van der Waals surface area contributed by atoms with Gasteiger partial charge in [0.05, 0.1) is 6.54 Å². The molecule has 2 aromatic heterocycles. The highest BCUT2D eigenvalue weighted by molar-refractivity contribution is 5.83. The number of nitrogens with one attached hydrogen (secondary N) is 2. The fourth-order valence-electron chi connectivity index (χ4n) is 3.56. The van der Waals surface area contributed by atoms with Gasteiger partial charge >= 0.3 is 6.03 Å². The molecule has 7 nitrogen and oxygen atoms in total. The lowest BCUT2D eigenvalue weighted by molar-refractivity contribution is 0.181. The van der Waals surface area contributed by atoms with Crippen molar-refractivity contribution in [3.8, 4) is 0 Å². The van der Waals surface area contributed by atoms with E-state index in [1.165, 1.54) is 16.5 Å². The van der Waals surface area contributed by atoms with Gasteiger partial charge in [0.2, 0.25) is 0 Å². The second-order valence-electron chi connectivity index (χ2n) is 6.54. The monoisotopic (exact) mass is 338 g/mol. The fraction of sp³-hybridized carbons (Fsp3) is 0.389. The summed E-state index contributed by atoms with van der Waals surface area (Å²) in [6.45, 7) is 1.90. The van der Waals surface area contributed by atoms with Crippen LogP contribution in [0.15, 0.2) is 36.8 Å². The van der Waals surface area contributed by atoms with Gasteiger partial charge in [0.15, 0.2) is 5.82 Å². The second-order valence-corrected chi connectivity index (χ2v) is 6.54. The molecule has 0 atom stereocenters. The molecule has 1 aliphatic rings. The molecular weight excluding hydrogens is 316 g/mol. The maximum Gasteiger partial charge on any atom is 0.317 e. The van der Waals surface area contributed by atoms with Crippen LogP contribution in [0.1, 0.15) is 30.1 Å². The van der Waals surface area contributed by atoms with Crippen LogP contribution < -0.4 is 5.32 Å². The number of fused-ring (bicyclic) bond motifs is 1. The summed E-state index contributed by atoms with van der Waals surface area (Å²) in [5.41, 5.74) is 2.55. The number of carbonyl (C=O) groups is 1. The van der Waals surface area contributed by atoms with E-state index in [2.05, 4.69) is 44.8 Å². The first-order valence-electron chi connectivity index (χ1n) is 8.64. The Bertz CT molecular complexity index is 874. The van der Waals surface area contributed by atoms with Crippen molar-refractivity contribution >= 4 is 16.9 Å². The van der Waals surface area contributed by atoms with E-state index < -0.39 is 0 Å². The minimum atomic E-state index is -0.0372. The van der Waals surface area contributed by atoms with Gasteiger partial charge in [0.1, 0.15) is 6.33 Å². The van der Waals surface area contributed by atoms with Crippen molar-refractivity contribution in [2.45, 2.75) is 25.3 Å². The molecule has 1 saturated heterocycles. The maximum absolute atomic E-state index is 12.3. The Morgan fingerprint density at radius 1 is 1.32 bits per heavy atom. The van der Waals surface area contributed by atoms with Crippen LogP contribution in [0.2, 0.25) is 0 Å².